The van der Waals surface area contributed by atoms with Gasteiger partial charge in [-0.25, -0.2) is 0 Å². The first-order valence-corrected chi connectivity index (χ1v) is 11.2. The number of ketones is 3. The minimum absolute atomic E-state index is 0.0200. The summed E-state index contributed by atoms with van der Waals surface area (Å²) in [7, 11) is 0. The van der Waals surface area contributed by atoms with Crippen LogP contribution in [0.15, 0.2) is 36.4 Å². The van der Waals surface area contributed by atoms with E-state index in [1.807, 2.05) is 33.8 Å². The average molecular weight is 466 g/mol. The number of carbonyl (C=O) groups excluding carboxylic acids is 4. The summed E-state index contributed by atoms with van der Waals surface area (Å²) in [6, 6.07) is 9.95. The molecular weight excluding hydrogens is 444 g/mol. The first-order valence-electron chi connectivity index (χ1n) is 11.2. The second-order valence-electron chi connectivity index (χ2n) is 8.88. The molecule has 0 saturated carbocycles. The van der Waals surface area contributed by atoms with Crippen LogP contribution in [0.5, 0.6) is 5.75 Å². The Labute approximate surface area is 201 Å². The number of hydrogen-bond donors (Lipinski definition) is 1. The zero-order valence-corrected chi connectivity index (χ0v) is 20.0. The SMILES string of the molecule is CC(=O)Oc1cc2c(C(=O)c3c(C)c(C)cc(C)c3C)[nH]nc2c2c1C(=O)c1ccccc1C2=O. The third-order valence-corrected chi connectivity index (χ3v) is 6.76. The molecule has 1 aliphatic rings. The van der Waals surface area contributed by atoms with Gasteiger partial charge in [0.2, 0.25) is 5.78 Å². The van der Waals surface area contributed by atoms with Crippen LogP contribution < -0.4 is 4.74 Å². The Balaban J connectivity index is 1.81. The van der Waals surface area contributed by atoms with Crippen LogP contribution in [0.3, 0.4) is 0 Å². The van der Waals surface area contributed by atoms with Gasteiger partial charge >= 0.3 is 5.97 Å². The van der Waals surface area contributed by atoms with Crippen LogP contribution in [0.4, 0.5) is 0 Å². The predicted octanol–water partition coefficient (Wildman–Crippen LogP) is 4.73. The lowest BCUT2D eigenvalue weighted by molar-refractivity contribution is -0.131. The molecule has 0 spiro atoms. The highest BCUT2D eigenvalue weighted by Gasteiger charge is 2.36. The number of esters is 1. The molecular formula is C28H22N2O5. The highest BCUT2D eigenvalue weighted by molar-refractivity contribution is 6.33. The van der Waals surface area contributed by atoms with E-state index in [1.54, 1.807) is 24.3 Å². The molecule has 5 rings (SSSR count). The zero-order chi connectivity index (χ0) is 25.2. The van der Waals surface area contributed by atoms with Gasteiger partial charge in [0, 0.05) is 29.0 Å². The number of nitrogens with one attached hydrogen (secondary N) is 1. The standard InChI is InChI=1S/C28H22N2O5/c1-12-10-13(2)15(4)21(14(12)3)28(34)25-19-11-20(35-16(5)31)22-23(24(19)29-30-25)27(33)18-9-7-6-8-17(18)26(22)32/h6-11H,1-5H3,(H,29,30). The minimum Gasteiger partial charge on any atom is -0.426 e. The molecule has 0 fully saturated rings. The number of hydrogen-bond acceptors (Lipinski definition) is 6. The van der Waals surface area contributed by atoms with Crippen LogP contribution in [0, 0.1) is 27.7 Å². The average Bonchev–Trinajstić information content (AvgIpc) is 3.24. The Bertz CT molecular complexity index is 1620. The lowest BCUT2D eigenvalue weighted by Crippen LogP contribution is -2.23. The van der Waals surface area contributed by atoms with Gasteiger partial charge in [0.25, 0.3) is 0 Å². The number of carbonyl (C=O) groups is 4. The van der Waals surface area contributed by atoms with Crippen molar-refractivity contribution >= 4 is 34.2 Å². The fraction of sp³-hybridized carbons (Fsp3) is 0.179. The molecule has 0 unspecified atom stereocenters. The van der Waals surface area contributed by atoms with Gasteiger partial charge in [-0.1, -0.05) is 30.3 Å². The number of nitrogens with zero attached hydrogens (tertiary/aromatic N) is 1. The molecule has 1 aliphatic carbocycles. The second-order valence-corrected chi connectivity index (χ2v) is 8.88. The molecule has 1 N–H and O–H groups in total. The highest BCUT2D eigenvalue weighted by atomic mass is 16.5. The van der Waals surface area contributed by atoms with Crippen LogP contribution in [-0.4, -0.2) is 33.5 Å². The fourth-order valence-electron chi connectivity index (χ4n) is 4.81. The van der Waals surface area contributed by atoms with Gasteiger partial charge in [-0.2, -0.15) is 5.10 Å². The molecule has 0 amide bonds. The van der Waals surface area contributed by atoms with Gasteiger partial charge in [-0.05, 0) is 56.0 Å². The van der Waals surface area contributed by atoms with E-state index in [2.05, 4.69) is 10.2 Å². The van der Waals surface area contributed by atoms with Gasteiger partial charge in [0.15, 0.2) is 11.6 Å². The van der Waals surface area contributed by atoms with Crippen molar-refractivity contribution in [3.63, 3.8) is 0 Å². The molecule has 0 bridgehead atoms. The maximum Gasteiger partial charge on any atom is 0.308 e. The number of aromatic nitrogens is 2. The van der Waals surface area contributed by atoms with E-state index < -0.39 is 17.5 Å². The van der Waals surface area contributed by atoms with Crippen LogP contribution in [0.2, 0.25) is 0 Å². The van der Waals surface area contributed by atoms with E-state index >= 15 is 0 Å². The number of aromatic amines is 1. The van der Waals surface area contributed by atoms with Crippen LogP contribution in [-0.2, 0) is 4.79 Å². The summed E-state index contributed by atoms with van der Waals surface area (Å²) in [6.45, 7) is 8.88. The summed E-state index contributed by atoms with van der Waals surface area (Å²) in [4.78, 5) is 52.6. The number of H-pyrrole nitrogens is 1. The molecule has 0 atom stereocenters. The Hall–Kier alpha value is -4.39. The van der Waals surface area contributed by atoms with E-state index in [0.717, 1.165) is 22.3 Å². The molecule has 0 saturated heterocycles. The quantitative estimate of drug-likeness (QED) is 0.234. The Morgan fingerprint density at radius 2 is 1.43 bits per heavy atom. The maximum atomic E-state index is 13.8. The minimum atomic E-state index is -0.650. The molecule has 35 heavy (non-hydrogen) atoms. The van der Waals surface area contributed by atoms with Crippen LogP contribution in [0.25, 0.3) is 10.9 Å². The smallest absolute Gasteiger partial charge is 0.308 e. The van der Waals surface area contributed by atoms with E-state index in [0.29, 0.717) is 10.9 Å². The summed E-state index contributed by atoms with van der Waals surface area (Å²) in [5.41, 5.74) is 5.01. The lowest BCUT2D eigenvalue weighted by atomic mass is 9.82. The maximum absolute atomic E-state index is 13.8. The molecule has 1 aromatic heterocycles. The third kappa shape index (κ3) is 3.23. The van der Waals surface area contributed by atoms with Gasteiger partial charge in [0.05, 0.1) is 11.1 Å². The Kier molecular flexibility index (Phi) is 5.02. The molecule has 0 radical (unpaired) electrons. The number of benzene rings is 3. The first kappa shape index (κ1) is 22.4. The van der Waals surface area contributed by atoms with Crippen LogP contribution >= 0.6 is 0 Å². The van der Waals surface area contributed by atoms with Crippen molar-refractivity contribution in [2.45, 2.75) is 34.6 Å². The monoisotopic (exact) mass is 466 g/mol. The number of ether oxygens (including phenoxy) is 1. The van der Waals surface area contributed by atoms with Crippen molar-refractivity contribution < 1.29 is 23.9 Å². The predicted molar refractivity (Wildman–Crippen MR) is 130 cm³/mol. The summed E-state index contributed by atoms with van der Waals surface area (Å²) in [5, 5.41) is 7.40. The number of aryl methyl sites for hydroxylation is 2. The van der Waals surface area contributed by atoms with E-state index in [4.69, 9.17) is 4.74 Å². The Morgan fingerprint density at radius 1 is 0.857 bits per heavy atom. The number of fused-ring (bicyclic) bond motifs is 4. The van der Waals surface area contributed by atoms with Gasteiger partial charge in [-0.3, -0.25) is 24.3 Å². The van der Waals surface area contributed by atoms with Crippen molar-refractivity contribution in [1.29, 1.82) is 0 Å². The van der Waals surface area contributed by atoms with Gasteiger partial charge in [0.1, 0.15) is 17.0 Å². The van der Waals surface area contributed by atoms with Crippen molar-refractivity contribution in [3.8, 4) is 5.75 Å². The molecule has 0 aliphatic heterocycles. The fourth-order valence-corrected chi connectivity index (χ4v) is 4.81. The third-order valence-electron chi connectivity index (χ3n) is 6.76. The van der Waals surface area contributed by atoms with Gasteiger partial charge in [-0.15, -0.1) is 0 Å². The van der Waals surface area contributed by atoms with E-state index in [1.165, 1.54) is 13.0 Å². The Morgan fingerprint density at radius 3 is 2.00 bits per heavy atom. The van der Waals surface area contributed by atoms with Crippen LogP contribution in [0.1, 0.15) is 77.1 Å². The topological polar surface area (TPSA) is 106 Å². The van der Waals surface area contributed by atoms with Crippen molar-refractivity contribution in [2.75, 3.05) is 0 Å². The van der Waals surface area contributed by atoms with E-state index in [-0.39, 0.29) is 45.0 Å². The molecule has 1 heterocycles. The largest absolute Gasteiger partial charge is 0.426 e. The summed E-state index contributed by atoms with van der Waals surface area (Å²) in [6.07, 6.45) is 0. The summed E-state index contributed by atoms with van der Waals surface area (Å²) >= 11 is 0. The molecule has 174 valence electrons. The summed E-state index contributed by atoms with van der Waals surface area (Å²) in [5.74, 6) is -1.87. The molecule has 7 nitrogen and oxygen atoms in total. The molecule has 4 aromatic rings. The second kappa shape index (κ2) is 7.84. The van der Waals surface area contributed by atoms with Crippen molar-refractivity contribution in [3.05, 3.63) is 92.2 Å². The number of rotatable bonds is 3. The van der Waals surface area contributed by atoms with Crippen molar-refractivity contribution in [2.24, 2.45) is 0 Å². The van der Waals surface area contributed by atoms with E-state index in [9.17, 15) is 19.2 Å². The first-order chi connectivity index (χ1) is 16.6. The lowest BCUT2D eigenvalue weighted by Gasteiger charge is -2.20. The molecule has 7 heteroatoms. The highest BCUT2D eigenvalue weighted by Crippen LogP contribution is 2.39. The van der Waals surface area contributed by atoms with Gasteiger partial charge < -0.3 is 4.74 Å². The molecule has 3 aromatic carbocycles. The zero-order valence-electron chi connectivity index (χ0n) is 20.0. The normalized spacial score (nSPS) is 12.5. The van der Waals surface area contributed by atoms with Crippen molar-refractivity contribution in [1.82, 2.24) is 10.2 Å². The summed E-state index contributed by atoms with van der Waals surface area (Å²) < 4.78 is 5.39.